The van der Waals surface area contributed by atoms with Crippen LogP contribution in [0.5, 0.6) is 0 Å². The van der Waals surface area contributed by atoms with Gasteiger partial charge in [0.25, 0.3) is 0 Å². The van der Waals surface area contributed by atoms with E-state index in [9.17, 15) is 0 Å². The summed E-state index contributed by atoms with van der Waals surface area (Å²) in [6.07, 6.45) is 4.20. The maximum Gasteiger partial charge on any atom is 0.242 e. The van der Waals surface area contributed by atoms with Crippen LogP contribution in [0.1, 0.15) is 46.5 Å². The number of hydrogen-bond donors (Lipinski definition) is 0. The zero-order chi connectivity index (χ0) is 9.73. The van der Waals surface area contributed by atoms with Crippen LogP contribution in [-0.2, 0) is 9.57 Å². The van der Waals surface area contributed by atoms with Gasteiger partial charge < -0.3 is 9.57 Å². The molecule has 1 spiro atoms. The lowest BCUT2D eigenvalue weighted by Gasteiger charge is -2.30. The van der Waals surface area contributed by atoms with Crippen LogP contribution >= 0.6 is 0 Å². The molecule has 0 aromatic carbocycles. The lowest BCUT2D eigenvalue weighted by molar-refractivity contribution is -0.240. The molecule has 3 heteroatoms. The van der Waals surface area contributed by atoms with Crippen molar-refractivity contribution in [2.24, 2.45) is 5.16 Å². The van der Waals surface area contributed by atoms with Crippen molar-refractivity contribution in [2.75, 3.05) is 6.61 Å². The average Bonchev–Trinajstić information content (AvgIpc) is 2.52. The molecule has 2 rings (SSSR count). The van der Waals surface area contributed by atoms with Crippen LogP contribution < -0.4 is 0 Å². The summed E-state index contributed by atoms with van der Waals surface area (Å²) in [4.78, 5) is 5.26. The first kappa shape index (κ1) is 10.5. The highest BCUT2D eigenvalue weighted by Gasteiger charge is 2.40. The largest absolute Gasteiger partial charge is 0.360 e. The Bertz CT molecular complexity index is 183. The maximum atomic E-state index is 5.56. The molecule has 0 N–H and O–H groups in total. The minimum absolute atomic E-state index is 0.359. The Balaban J connectivity index is 0.000000396. The molecule has 1 fully saturated rings. The van der Waals surface area contributed by atoms with Crippen molar-refractivity contribution in [3.05, 3.63) is 0 Å². The van der Waals surface area contributed by atoms with Crippen LogP contribution in [0, 0.1) is 0 Å². The highest BCUT2D eigenvalue weighted by molar-refractivity contribution is 5.83. The monoisotopic (exact) mass is 185 g/mol. The Kier molecular flexibility index (Phi) is 3.72. The van der Waals surface area contributed by atoms with E-state index in [0.29, 0.717) is 0 Å². The summed E-state index contributed by atoms with van der Waals surface area (Å²) in [5.74, 6) is -0.359. The van der Waals surface area contributed by atoms with Gasteiger partial charge in [0.2, 0.25) is 5.79 Å². The number of hydrogen-bond acceptors (Lipinski definition) is 3. The van der Waals surface area contributed by atoms with E-state index in [4.69, 9.17) is 9.57 Å². The van der Waals surface area contributed by atoms with Crippen LogP contribution in [0.15, 0.2) is 5.16 Å². The Hall–Kier alpha value is -0.570. The summed E-state index contributed by atoms with van der Waals surface area (Å²) in [6.45, 7) is 6.80. The fraction of sp³-hybridized carbons (Fsp3) is 0.900. The Morgan fingerprint density at radius 1 is 1.31 bits per heavy atom. The molecule has 3 nitrogen and oxygen atoms in total. The summed E-state index contributed by atoms with van der Waals surface area (Å²) in [7, 11) is 0. The molecular weight excluding hydrogens is 166 g/mol. The highest BCUT2D eigenvalue weighted by atomic mass is 16.8. The lowest BCUT2D eigenvalue weighted by atomic mass is 10.0. The van der Waals surface area contributed by atoms with Crippen LogP contribution in [0.3, 0.4) is 0 Å². The van der Waals surface area contributed by atoms with Crippen LogP contribution in [0.2, 0.25) is 0 Å². The molecule has 2 heterocycles. The van der Waals surface area contributed by atoms with Gasteiger partial charge in [-0.15, -0.1) is 0 Å². The number of ether oxygens (including phenoxy) is 1. The summed E-state index contributed by atoms with van der Waals surface area (Å²) in [6, 6.07) is 0. The summed E-state index contributed by atoms with van der Waals surface area (Å²) in [5.41, 5.74) is 1.05. The van der Waals surface area contributed by atoms with Gasteiger partial charge in [-0.1, -0.05) is 19.0 Å². The second-order valence-corrected chi connectivity index (χ2v) is 3.31. The van der Waals surface area contributed by atoms with Gasteiger partial charge in [0.1, 0.15) is 0 Å². The molecule has 0 aromatic rings. The molecular formula is C10H19NO2. The first-order chi connectivity index (χ1) is 6.31. The molecule has 0 amide bonds. The minimum atomic E-state index is -0.359. The molecule has 2 aliphatic heterocycles. The van der Waals surface area contributed by atoms with Crippen molar-refractivity contribution < 1.29 is 9.57 Å². The van der Waals surface area contributed by atoms with E-state index in [1.165, 1.54) is 6.42 Å². The quantitative estimate of drug-likeness (QED) is 0.581. The van der Waals surface area contributed by atoms with E-state index in [-0.39, 0.29) is 5.79 Å². The Labute approximate surface area is 80.1 Å². The fourth-order valence-corrected chi connectivity index (χ4v) is 1.65. The molecule has 0 aliphatic carbocycles. The molecule has 0 radical (unpaired) electrons. The third kappa shape index (κ3) is 2.44. The van der Waals surface area contributed by atoms with Crippen molar-refractivity contribution in [2.45, 2.75) is 52.2 Å². The topological polar surface area (TPSA) is 30.8 Å². The average molecular weight is 185 g/mol. The van der Waals surface area contributed by atoms with Crippen molar-refractivity contribution in [3.8, 4) is 0 Å². The summed E-state index contributed by atoms with van der Waals surface area (Å²) < 4.78 is 5.56. The van der Waals surface area contributed by atoms with Gasteiger partial charge in [-0.05, 0) is 19.8 Å². The molecule has 0 saturated carbocycles. The zero-order valence-corrected chi connectivity index (χ0v) is 8.80. The van der Waals surface area contributed by atoms with Gasteiger partial charge in [0, 0.05) is 6.42 Å². The van der Waals surface area contributed by atoms with E-state index in [1.54, 1.807) is 0 Å². The molecule has 1 atom stereocenters. The lowest BCUT2D eigenvalue weighted by Crippen LogP contribution is -2.36. The second-order valence-electron chi connectivity index (χ2n) is 3.31. The molecule has 1 saturated heterocycles. The molecule has 13 heavy (non-hydrogen) atoms. The number of nitrogens with zero attached hydrogens (tertiary/aromatic N) is 1. The number of oxime groups is 1. The van der Waals surface area contributed by atoms with E-state index >= 15 is 0 Å². The summed E-state index contributed by atoms with van der Waals surface area (Å²) in [5, 5.41) is 3.90. The summed E-state index contributed by atoms with van der Waals surface area (Å²) >= 11 is 0. The van der Waals surface area contributed by atoms with Crippen LogP contribution in [0.4, 0.5) is 0 Å². The standard InChI is InChI=1S/C8H13NO2.C2H6/c1-7-6-8(11-9-7)4-2-3-5-10-8;1-2/h2-6H2,1H3;1-2H3. The van der Waals surface area contributed by atoms with E-state index < -0.39 is 0 Å². The van der Waals surface area contributed by atoms with Crippen molar-refractivity contribution >= 4 is 5.71 Å². The third-order valence-corrected chi connectivity index (χ3v) is 2.21. The van der Waals surface area contributed by atoms with E-state index in [0.717, 1.165) is 31.6 Å². The van der Waals surface area contributed by atoms with Crippen LogP contribution in [0.25, 0.3) is 0 Å². The molecule has 1 unspecified atom stereocenters. The maximum absolute atomic E-state index is 5.56. The van der Waals surface area contributed by atoms with Gasteiger partial charge in [0.15, 0.2) is 0 Å². The zero-order valence-electron chi connectivity index (χ0n) is 8.80. The predicted molar refractivity (Wildman–Crippen MR) is 52.7 cm³/mol. The van der Waals surface area contributed by atoms with Crippen molar-refractivity contribution in [1.29, 1.82) is 0 Å². The first-order valence-corrected chi connectivity index (χ1v) is 5.16. The Morgan fingerprint density at radius 2 is 2.08 bits per heavy atom. The molecule has 2 aliphatic rings. The van der Waals surface area contributed by atoms with Gasteiger partial charge in [-0.25, -0.2) is 0 Å². The van der Waals surface area contributed by atoms with Gasteiger partial charge in [-0.2, -0.15) is 0 Å². The normalized spacial score (nSPS) is 31.8. The number of rotatable bonds is 0. The van der Waals surface area contributed by atoms with E-state index in [2.05, 4.69) is 5.16 Å². The van der Waals surface area contributed by atoms with Crippen molar-refractivity contribution in [3.63, 3.8) is 0 Å². The minimum Gasteiger partial charge on any atom is -0.360 e. The molecule has 76 valence electrons. The SMILES string of the molecule is CC.CC1=NOC2(CCCCO2)C1. The van der Waals surface area contributed by atoms with Crippen molar-refractivity contribution in [1.82, 2.24) is 0 Å². The van der Waals surface area contributed by atoms with Gasteiger partial charge in [-0.3, -0.25) is 0 Å². The Morgan fingerprint density at radius 3 is 2.54 bits per heavy atom. The van der Waals surface area contributed by atoms with Gasteiger partial charge in [0.05, 0.1) is 18.7 Å². The van der Waals surface area contributed by atoms with E-state index in [1.807, 2.05) is 20.8 Å². The third-order valence-electron chi connectivity index (χ3n) is 2.21. The van der Waals surface area contributed by atoms with Gasteiger partial charge >= 0.3 is 0 Å². The second kappa shape index (κ2) is 4.61. The van der Waals surface area contributed by atoms with Crippen LogP contribution in [-0.4, -0.2) is 18.1 Å². The molecule has 0 bridgehead atoms. The molecule has 0 aromatic heterocycles. The first-order valence-electron chi connectivity index (χ1n) is 5.16. The smallest absolute Gasteiger partial charge is 0.242 e. The highest BCUT2D eigenvalue weighted by Crippen LogP contribution is 2.33. The predicted octanol–water partition coefficient (Wildman–Crippen LogP) is 2.71. The fourth-order valence-electron chi connectivity index (χ4n) is 1.65.